The molecule has 33 heavy (non-hydrogen) atoms. The number of amides is 2. The van der Waals surface area contributed by atoms with Gasteiger partial charge in [-0.2, -0.15) is 0 Å². The number of rotatable bonds is 10. The van der Waals surface area contributed by atoms with Gasteiger partial charge in [-0.1, -0.05) is 78.8 Å². The number of thioether (sulfide) groups is 1. The Kier molecular flexibility index (Phi) is 10.2. The number of nitrogens with zero attached hydrogens (tertiary/aromatic N) is 1. The highest BCUT2D eigenvalue weighted by Gasteiger charge is 2.30. The van der Waals surface area contributed by atoms with Gasteiger partial charge in [0.15, 0.2) is 0 Å². The van der Waals surface area contributed by atoms with Crippen LogP contribution >= 0.6 is 46.6 Å². The maximum absolute atomic E-state index is 13.3. The summed E-state index contributed by atoms with van der Waals surface area (Å²) in [6.07, 6.45) is 4.80. The maximum Gasteiger partial charge on any atom is 0.243 e. The van der Waals surface area contributed by atoms with Crippen LogP contribution in [-0.4, -0.2) is 34.6 Å². The minimum atomic E-state index is -0.542. The van der Waals surface area contributed by atoms with E-state index in [0.717, 1.165) is 36.8 Å². The summed E-state index contributed by atoms with van der Waals surface area (Å²) < 4.78 is 0. The molecule has 1 aliphatic carbocycles. The Bertz CT molecular complexity index is 966. The summed E-state index contributed by atoms with van der Waals surface area (Å²) in [5.74, 6) is 0.693. The zero-order valence-electron chi connectivity index (χ0n) is 18.7. The van der Waals surface area contributed by atoms with Crippen LogP contribution < -0.4 is 5.32 Å². The zero-order valence-corrected chi connectivity index (χ0v) is 21.7. The molecule has 0 saturated heterocycles. The minimum absolute atomic E-state index is 0.0840. The number of hydrogen-bond acceptors (Lipinski definition) is 3. The monoisotopic (exact) mass is 526 g/mol. The normalized spacial score (nSPS) is 14.8. The molecule has 8 heteroatoms. The van der Waals surface area contributed by atoms with Crippen molar-refractivity contribution in [3.63, 3.8) is 0 Å². The van der Waals surface area contributed by atoms with Crippen LogP contribution in [0.1, 0.15) is 50.2 Å². The highest BCUT2D eigenvalue weighted by atomic mass is 35.5. The summed E-state index contributed by atoms with van der Waals surface area (Å²) in [6.45, 7) is 2.23. The molecule has 1 atom stereocenters. The largest absolute Gasteiger partial charge is 0.352 e. The standard InChI is InChI=1S/C25H29Cl3N2O2S/c1-2-23(25(32)29-19-8-4-5-9-19)30(14-18-7-3-6-10-20(18)26)24(31)16-33-15-17-11-12-21(27)22(28)13-17/h3,6-7,10-13,19,23H,2,4-5,8-9,14-16H2,1H3,(H,29,32). The SMILES string of the molecule is CCC(C(=O)NC1CCCC1)N(Cc1ccccc1Cl)C(=O)CSCc1ccc(Cl)c(Cl)c1. The first-order valence-corrected chi connectivity index (χ1v) is 13.5. The minimum Gasteiger partial charge on any atom is -0.352 e. The molecule has 4 nitrogen and oxygen atoms in total. The summed E-state index contributed by atoms with van der Waals surface area (Å²) in [5, 5.41) is 4.75. The van der Waals surface area contributed by atoms with Crippen molar-refractivity contribution in [3.05, 3.63) is 68.7 Å². The van der Waals surface area contributed by atoms with Gasteiger partial charge in [-0.3, -0.25) is 9.59 Å². The third kappa shape index (κ3) is 7.54. The van der Waals surface area contributed by atoms with Crippen LogP contribution in [0.5, 0.6) is 0 Å². The average molecular weight is 528 g/mol. The topological polar surface area (TPSA) is 49.4 Å². The zero-order chi connectivity index (χ0) is 23.8. The fourth-order valence-electron chi connectivity index (χ4n) is 4.07. The third-order valence-electron chi connectivity index (χ3n) is 5.86. The average Bonchev–Trinajstić information content (AvgIpc) is 3.30. The van der Waals surface area contributed by atoms with Gasteiger partial charge in [0.25, 0.3) is 0 Å². The first-order chi connectivity index (χ1) is 15.9. The smallest absolute Gasteiger partial charge is 0.243 e. The maximum atomic E-state index is 13.3. The van der Waals surface area contributed by atoms with E-state index in [4.69, 9.17) is 34.8 Å². The number of nitrogens with one attached hydrogen (secondary N) is 1. The van der Waals surface area contributed by atoms with Crippen molar-refractivity contribution >= 4 is 58.4 Å². The van der Waals surface area contributed by atoms with E-state index < -0.39 is 6.04 Å². The second kappa shape index (κ2) is 12.9. The number of carbonyl (C=O) groups excluding carboxylic acids is 2. The Morgan fingerprint density at radius 1 is 1.06 bits per heavy atom. The Balaban J connectivity index is 1.71. The Hall–Kier alpha value is -1.40. The molecule has 1 fully saturated rings. The van der Waals surface area contributed by atoms with E-state index in [0.29, 0.717) is 33.8 Å². The van der Waals surface area contributed by atoms with Crippen LogP contribution in [-0.2, 0) is 21.9 Å². The van der Waals surface area contributed by atoms with E-state index in [9.17, 15) is 9.59 Å². The van der Waals surface area contributed by atoms with Crippen molar-refractivity contribution < 1.29 is 9.59 Å². The predicted molar refractivity (Wildman–Crippen MR) is 139 cm³/mol. The molecular weight excluding hydrogens is 499 g/mol. The van der Waals surface area contributed by atoms with Gasteiger partial charge in [-0.15, -0.1) is 11.8 Å². The lowest BCUT2D eigenvalue weighted by molar-refractivity contribution is -0.139. The molecule has 3 rings (SSSR count). The molecule has 2 amide bonds. The molecule has 2 aromatic rings. The van der Waals surface area contributed by atoms with Gasteiger partial charge in [-0.05, 0) is 48.6 Å². The number of halogens is 3. The van der Waals surface area contributed by atoms with Gasteiger partial charge in [0.2, 0.25) is 11.8 Å². The molecule has 2 aromatic carbocycles. The van der Waals surface area contributed by atoms with E-state index in [2.05, 4.69) is 5.32 Å². The summed E-state index contributed by atoms with van der Waals surface area (Å²) in [4.78, 5) is 28.2. The Labute approximate surface area is 215 Å². The first-order valence-electron chi connectivity index (χ1n) is 11.2. The highest BCUT2D eigenvalue weighted by Crippen LogP contribution is 2.26. The summed E-state index contributed by atoms with van der Waals surface area (Å²) in [6, 6.07) is 12.6. The van der Waals surface area contributed by atoms with Gasteiger partial charge >= 0.3 is 0 Å². The molecule has 0 heterocycles. The van der Waals surface area contributed by atoms with E-state index in [1.54, 1.807) is 17.0 Å². The predicted octanol–water partition coefficient (Wildman–Crippen LogP) is 6.75. The quantitative estimate of drug-likeness (QED) is 0.372. The van der Waals surface area contributed by atoms with Crippen molar-refractivity contribution in [1.82, 2.24) is 10.2 Å². The molecule has 0 bridgehead atoms. The van der Waals surface area contributed by atoms with Crippen LogP contribution in [0.3, 0.4) is 0 Å². The lowest BCUT2D eigenvalue weighted by Gasteiger charge is -2.31. The van der Waals surface area contributed by atoms with E-state index >= 15 is 0 Å². The number of carbonyl (C=O) groups is 2. The van der Waals surface area contributed by atoms with E-state index in [1.807, 2.05) is 37.3 Å². The van der Waals surface area contributed by atoms with Crippen LogP contribution in [0.25, 0.3) is 0 Å². The van der Waals surface area contributed by atoms with Gasteiger partial charge in [0, 0.05) is 23.4 Å². The molecule has 0 radical (unpaired) electrons. The molecule has 1 unspecified atom stereocenters. The van der Waals surface area contributed by atoms with E-state index in [1.165, 1.54) is 11.8 Å². The van der Waals surface area contributed by atoms with Gasteiger partial charge in [0.05, 0.1) is 15.8 Å². The molecule has 0 spiro atoms. The molecule has 1 N–H and O–H groups in total. The van der Waals surface area contributed by atoms with Crippen molar-refractivity contribution in [2.45, 2.75) is 63.4 Å². The first kappa shape index (κ1) is 26.2. The summed E-state index contributed by atoms with van der Waals surface area (Å²) >= 11 is 20.0. The molecule has 0 aromatic heterocycles. The summed E-state index contributed by atoms with van der Waals surface area (Å²) in [5.41, 5.74) is 1.82. The molecule has 1 aliphatic rings. The second-order valence-corrected chi connectivity index (χ2v) is 10.5. The summed E-state index contributed by atoms with van der Waals surface area (Å²) in [7, 11) is 0. The Morgan fingerprint density at radius 2 is 1.79 bits per heavy atom. The van der Waals surface area contributed by atoms with Crippen LogP contribution in [0, 0.1) is 0 Å². The van der Waals surface area contributed by atoms with Crippen molar-refractivity contribution in [3.8, 4) is 0 Å². The van der Waals surface area contributed by atoms with Crippen molar-refractivity contribution in [2.24, 2.45) is 0 Å². The fourth-order valence-corrected chi connectivity index (χ4v) is 5.44. The molecule has 1 saturated carbocycles. The molecular formula is C25H29Cl3N2O2S. The van der Waals surface area contributed by atoms with Crippen LogP contribution in [0.15, 0.2) is 42.5 Å². The van der Waals surface area contributed by atoms with Gasteiger partial charge in [-0.25, -0.2) is 0 Å². The van der Waals surface area contributed by atoms with Crippen molar-refractivity contribution in [2.75, 3.05) is 5.75 Å². The lowest BCUT2D eigenvalue weighted by Crippen LogP contribution is -2.51. The van der Waals surface area contributed by atoms with Crippen LogP contribution in [0.2, 0.25) is 15.1 Å². The molecule has 0 aliphatic heterocycles. The van der Waals surface area contributed by atoms with Crippen LogP contribution in [0.4, 0.5) is 0 Å². The lowest BCUT2D eigenvalue weighted by atomic mass is 10.1. The Morgan fingerprint density at radius 3 is 2.45 bits per heavy atom. The van der Waals surface area contributed by atoms with E-state index in [-0.39, 0.29) is 23.6 Å². The van der Waals surface area contributed by atoms with Crippen molar-refractivity contribution in [1.29, 1.82) is 0 Å². The second-order valence-electron chi connectivity index (χ2n) is 8.27. The highest BCUT2D eigenvalue weighted by molar-refractivity contribution is 7.99. The third-order valence-corrected chi connectivity index (χ3v) is 7.96. The molecule has 178 valence electrons. The fraction of sp³-hybridized carbons (Fsp3) is 0.440. The van der Waals surface area contributed by atoms with Gasteiger partial charge in [0.1, 0.15) is 6.04 Å². The number of hydrogen-bond donors (Lipinski definition) is 1. The van der Waals surface area contributed by atoms with Gasteiger partial charge < -0.3 is 10.2 Å². The number of benzene rings is 2.